The Kier molecular flexibility index (Phi) is 6.49. The zero-order valence-corrected chi connectivity index (χ0v) is 14.8. The van der Waals surface area contributed by atoms with Crippen molar-refractivity contribution in [2.45, 2.75) is 52.9 Å². The summed E-state index contributed by atoms with van der Waals surface area (Å²) < 4.78 is 0. The van der Waals surface area contributed by atoms with Crippen LogP contribution in [0.4, 0.5) is 0 Å². The second kappa shape index (κ2) is 8.14. The van der Waals surface area contributed by atoms with Crippen LogP contribution in [0.5, 0.6) is 0 Å². The number of hydrogen-bond donors (Lipinski definition) is 0. The first kappa shape index (κ1) is 17.5. The van der Waals surface area contributed by atoms with Crippen LogP contribution in [0.1, 0.15) is 52.9 Å². The van der Waals surface area contributed by atoms with Crippen molar-refractivity contribution in [3.63, 3.8) is 0 Å². The average molecular weight is 306 g/mol. The van der Waals surface area contributed by atoms with Crippen LogP contribution >= 0.6 is 0 Å². The highest BCUT2D eigenvalue weighted by Crippen LogP contribution is 2.34. The highest BCUT2D eigenvalue weighted by molar-refractivity contribution is 5.78. The summed E-state index contributed by atoms with van der Waals surface area (Å²) in [6.45, 7) is 15.6. The summed E-state index contributed by atoms with van der Waals surface area (Å²) in [5.74, 6) is 2.08. The molecule has 0 spiro atoms. The molecule has 0 unspecified atom stereocenters. The van der Waals surface area contributed by atoms with Gasteiger partial charge in [-0.2, -0.15) is 0 Å². The topological polar surface area (TPSA) is 23.6 Å². The van der Waals surface area contributed by atoms with E-state index in [0.29, 0.717) is 5.91 Å². The molecular formula is C19H34N2O. The maximum absolute atomic E-state index is 12.0. The Morgan fingerprint density at radius 1 is 1.09 bits per heavy atom. The van der Waals surface area contributed by atoms with Crippen LogP contribution in [0.2, 0.25) is 0 Å². The molecule has 2 aliphatic rings. The third kappa shape index (κ3) is 4.58. The molecule has 1 aliphatic heterocycles. The van der Waals surface area contributed by atoms with Gasteiger partial charge in [0.15, 0.2) is 0 Å². The minimum atomic E-state index is 0.133. The molecule has 1 saturated carbocycles. The summed E-state index contributed by atoms with van der Waals surface area (Å²) in [6.07, 6.45) is 6.52. The molecule has 1 saturated heterocycles. The summed E-state index contributed by atoms with van der Waals surface area (Å²) in [6, 6.07) is 0. The molecule has 2 fully saturated rings. The van der Waals surface area contributed by atoms with E-state index in [0.717, 1.165) is 44.4 Å². The van der Waals surface area contributed by atoms with Gasteiger partial charge in [0, 0.05) is 38.6 Å². The number of carbonyl (C=O) groups is 1. The number of allylic oxidation sites excluding steroid dienone is 1. The predicted molar refractivity (Wildman–Crippen MR) is 92.7 cm³/mol. The Hall–Kier alpha value is -0.830. The molecule has 3 heteroatoms. The zero-order chi connectivity index (χ0) is 16.1. The minimum absolute atomic E-state index is 0.133. The normalized spacial score (nSPS) is 27.2. The van der Waals surface area contributed by atoms with E-state index in [-0.39, 0.29) is 5.92 Å². The number of rotatable bonds is 5. The Bertz CT molecular complexity index is 375. The second-order valence-electron chi connectivity index (χ2n) is 7.51. The third-order valence-corrected chi connectivity index (χ3v) is 5.57. The van der Waals surface area contributed by atoms with Crippen LogP contribution in [0.3, 0.4) is 0 Å². The quantitative estimate of drug-likeness (QED) is 0.725. The van der Waals surface area contributed by atoms with Crippen LogP contribution in [0, 0.1) is 17.8 Å². The van der Waals surface area contributed by atoms with E-state index in [9.17, 15) is 4.79 Å². The van der Waals surface area contributed by atoms with Gasteiger partial charge in [-0.05, 0) is 43.9 Å². The van der Waals surface area contributed by atoms with Crippen molar-refractivity contribution < 1.29 is 4.79 Å². The lowest BCUT2D eigenvalue weighted by Crippen LogP contribution is -2.50. The Morgan fingerprint density at radius 2 is 1.68 bits per heavy atom. The maximum Gasteiger partial charge on any atom is 0.225 e. The largest absolute Gasteiger partial charge is 0.340 e. The fraction of sp³-hybridized carbons (Fsp3) is 0.842. The SMILES string of the molecule is C=C(CC)C1CCC(CN2CCN(C(=O)C(C)C)CC2)CC1. The lowest BCUT2D eigenvalue weighted by atomic mass is 9.78. The lowest BCUT2D eigenvalue weighted by Gasteiger charge is -2.38. The Balaban J connectivity index is 1.69. The average Bonchev–Trinajstić information content (AvgIpc) is 2.54. The highest BCUT2D eigenvalue weighted by atomic mass is 16.2. The van der Waals surface area contributed by atoms with Gasteiger partial charge >= 0.3 is 0 Å². The Morgan fingerprint density at radius 3 is 2.18 bits per heavy atom. The van der Waals surface area contributed by atoms with Crippen molar-refractivity contribution >= 4 is 5.91 Å². The number of nitrogens with zero attached hydrogens (tertiary/aromatic N) is 2. The summed E-state index contributed by atoms with van der Waals surface area (Å²) in [5, 5.41) is 0. The molecule has 1 heterocycles. The standard InChI is InChI=1S/C19H34N2O/c1-5-16(4)18-8-6-17(7-9-18)14-20-10-12-21(13-11-20)19(22)15(2)3/h15,17-18H,4-14H2,1-3H3. The number of carbonyl (C=O) groups excluding carboxylic acids is 1. The van der Waals surface area contributed by atoms with Crippen LogP contribution in [0.15, 0.2) is 12.2 Å². The molecule has 1 amide bonds. The van der Waals surface area contributed by atoms with Crippen LogP contribution < -0.4 is 0 Å². The van der Waals surface area contributed by atoms with E-state index in [2.05, 4.69) is 18.4 Å². The minimum Gasteiger partial charge on any atom is -0.340 e. The van der Waals surface area contributed by atoms with E-state index >= 15 is 0 Å². The van der Waals surface area contributed by atoms with Crippen molar-refractivity contribution in [3.8, 4) is 0 Å². The molecule has 0 bridgehead atoms. The number of hydrogen-bond acceptors (Lipinski definition) is 2. The smallest absolute Gasteiger partial charge is 0.225 e. The fourth-order valence-electron chi connectivity index (χ4n) is 3.92. The lowest BCUT2D eigenvalue weighted by molar-refractivity contribution is -0.136. The van der Waals surface area contributed by atoms with E-state index in [1.807, 2.05) is 18.7 Å². The van der Waals surface area contributed by atoms with Gasteiger partial charge in [-0.15, -0.1) is 0 Å². The number of amides is 1. The van der Waals surface area contributed by atoms with Gasteiger partial charge in [0.05, 0.1) is 0 Å². The molecule has 0 N–H and O–H groups in total. The van der Waals surface area contributed by atoms with Crippen molar-refractivity contribution in [1.82, 2.24) is 9.80 Å². The van der Waals surface area contributed by atoms with Crippen LogP contribution in [-0.4, -0.2) is 48.4 Å². The van der Waals surface area contributed by atoms with Gasteiger partial charge in [-0.25, -0.2) is 0 Å². The van der Waals surface area contributed by atoms with Crippen LogP contribution in [-0.2, 0) is 4.79 Å². The van der Waals surface area contributed by atoms with Gasteiger partial charge < -0.3 is 4.90 Å². The molecule has 0 atom stereocenters. The first-order chi connectivity index (χ1) is 10.5. The van der Waals surface area contributed by atoms with E-state index in [1.54, 1.807) is 0 Å². The van der Waals surface area contributed by atoms with Crippen LogP contribution in [0.25, 0.3) is 0 Å². The monoisotopic (exact) mass is 306 g/mol. The second-order valence-corrected chi connectivity index (χ2v) is 7.51. The molecule has 126 valence electrons. The molecule has 3 nitrogen and oxygen atoms in total. The van der Waals surface area contributed by atoms with Gasteiger partial charge in [-0.1, -0.05) is 32.9 Å². The van der Waals surface area contributed by atoms with Crippen molar-refractivity contribution in [2.75, 3.05) is 32.7 Å². The van der Waals surface area contributed by atoms with Gasteiger partial charge in [0.2, 0.25) is 5.91 Å². The highest BCUT2D eigenvalue weighted by Gasteiger charge is 2.27. The molecular weight excluding hydrogens is 272 g/mol. The summed E-state index contributed by atoms with van der Waals surface area (Å²) in [7, 11) is 0. The molecule has 1 aliphatic carbocycles. The van der Waals surface area contributed by atoms with Gasteiger partial charge in [0.25, 0.3) is 0 Å². The summed E-state index contributed by atoms with van der Waals surface area (Å²) >= 11 is 0. The van der Waals surface area contributed by atoms with E-state index in [4.69, 9.17) is 0 Å². The first-order valence-corrected chi connectivity index (χ1v) is 9.20. The third-order valence-electron chi connectivity index (χ3n) is 5.57. The Labute approximate surface area is 136 Å². The molecule has 0 aromatic heterocycles. The van der Waals surface area contributed by atoms with Crippen molar-refractivity contribution in [1.29, 1.82) is 0 Å². The molecule has 0 aromatic rings. The maximum atomic E-state index is 12.0. The fourth-order valence-corrected chi connectivity index (χ4v) is 3.92. The van der Waals surface area contributed by atoms with Gasteiger partial charge in [0.1, 0.15) is 0 Å². The van der Waals surface area contributed by atoms with Crippen molar-refractivity contribution in [2.24, 2.45) is 17.8 Å². The first-order valence-electron chi connectivity index (χ1n) is 9.20. The molecule has 22 heavy (non-hydrogen) atoms. The van der Waals surface area contributed by atoms with Gasteiger partial charge in [-0.3, -0.25) is 9.69 Å². The molecule has 0 radical (unpaired) electrons. The van der Waals surface area contributed by atoms with E-state index in [1.165, 1.54) is 37.8 Å². The predicted octanol–water partition coefficient (Wildman–Crippen LogP) is 3.56. The molecule has 2 rings (SSSR count). The summed E-state index contributed by atoms with van der Waals surface area (Å²) in [4.78, 5) is 16.6. The van der Waals surface area contributed by atoms with Crippen molar-refractivity contribution in [3.05, 3.63) is 12.2 Å². The summed E-state index contributed by atoms with van der Waals surface area (Å²) in [5.41, 5.74) is 1.46. The number of piperazine rings is 1. The zero-order valence-electron chi connectivity index (χ0n) is 14.8. The van der Waals surface area contributed by atoms with E-state index < -0.39 is 0 Å². The molecule has 0 aromatic carbocycles.